The monoisotopic (exact) mass is 269 g/mol. The van der Waals surface area contributed by atoms with E-state index in [4.69, 9.17) is 9.63 Å². The Balaban J connectivity index is 2.51. The third kappa shape index (κ3) is 4.61. The molecule has 0 radical (unpaired) electrons. The average molecular weight is 269 g/mol. The summed E-state index contributed by atoms with van der Waals surface area (Å²) in [6.45, 7) is 5.98. The minimum atomic E-state index is -0.925. The Labute approximate surface area is 111 Å². The van der Waals surface area contributed by atoms with Crippen LogP contribution in [0.15, 0.2) is 10.6 Å². The number of carboxylic acid groups (broad SMARTS) is 1. The summed E-state index contributed by atoms with van der Waals surface area (Å²) in [5, 5.41) is 15.2. The van der Waals surface area contributed by atoms with Crippen LogP contribution in [0.3, 0.4) is 0 Å². The maximum absolute atomic E-state index is 11.9. The molecule has 1 aromatic heterocycles. The second-order valence-electron chi connectivity index (χ2n) is 4.32. The lowest BCUT2D eigenvalue weighted by Gasteiger charge is -2.26. The van der Waals surface area contributed by atoms with Gasteiger partial charge in [0.05, 0.1) is 13.0 Å². The molecule has 1 atom stereocenters. The fourth-order valence-electron chi connectivity index (χ4n) is 1.79. The van der Waals surface area contributed by atoms with E-state index in [2.05, 4.69) is 10.5 Å². The van der Waals surface area contributed by atoms with E-state index in [0.29, 0.717) is 18.0 Å². The van der Waals surface area contributed by atoms with E-state index in [1.54, 1.807) is 26.8 Å². The number of nitrogens with zero attached hydrogens (tertiary/aromatic N) is 2. The van der Waals surface area contributed by atoms with Gasteiger partial charge in [0.25, 0.3) is 0 Å². The van der Waals surface area contributed by atoms with E-state index in [9.17, 15) is 9.59 Å². The van der Waals surface area contributed by atoms with Gasteiger partial charge in [0.15, 0.2) is 0 Å². The number of carbonyl (C=O) groups excluding carboxylic acids is 1. The molecule has 7 nitrogen and oxygen atoms in total. The molecule has 7 heteroatoms. The summed E-state index contributed by atoms with van der Waals surface area (Å²) < 4.78 is 4.89. The molecule has 1 heterocycles. The van der Waals surface area contributed by atoms with Crippen molar-refractivity contribution >= 4 is 12.0 Å². The molecule has 0 fully saturated rings. The summed E-state index contributed by atoms with van der Waals surface area (Å²) in [5.41, 5.74) is 0.632. The van der Waals surface area contributed by atoms with Crippen molar-refractivity contribution in [1.82, 2.24) is 15.4 Å². The first-order valence-corrected chi connectivity index (χ1v) is 6.12. The summed E-state index contributed by atoms with van der Waals surface area (Å²) in [5.74, 6) is -0.248. The zero-order chi connectivity index (χ0) is 14.4. The molecule has 0 saturated heterocycles. The molecule has 1 aromatic rings. The normalized spacial score (nSPS) is 11.9. The van der Waals surface area contributed by atoms with E-state index >= 15 is 0 Å². The highest BCUT2D eigenvalue weighted by atomic mass is 16.5. The summed E-state index contributed by atoms with van der Waals surface area (Å²) in [6, 6.07) is 1.07. The molecule has 2 amide bonds. The second kappa shape index (κ2) is 6.77. The molecule has 106 valence electrons. The SMILES string of the molecule is CCN(C(=O)NCc1cc(C)on1)C(C)CC(=O)O. The molecule has 1 unspecified atom stereocenters. The third-order valence-electron chi connectivity index (χ3n) is 2.70. The Hall–Kier alpha value is -2.05. The highest BCUT2D eigenvalue weighted by Gasteiger charge is 2.20. The van der Waals surface area contributed by atoms with Crippen LogP contribution in [0, 0.1) is 6.92 Å². The lowest BCUT2D eigenvalue weighted by Crippen LogP contribution is -2.45. The van der Waals surface area contributed by atoms with Crippen LogP contribution in [-0.4, -0.2) is 39.8 Å². The van der Waals surface area contributed by atoms with Crippen LogP contribution in [0.25, 0.3) is 0 Å². The van der Waals surface area contributed by atoms with Crippen molar-refractivity contribution in [3.05, 3.63) is 17.5 Å². The van der Waals surface area contributed by atoms with Crippen LogP contribution >= 0.6 is 0 Å². The van der Waals surface area contributed by atoms with Gasteiger partial charge in [0.2, 0.25) is 0 Å². The molecule has 0 aromatic carbocycles. The smallest absolute Gasteiger partial charge is 0.317 e. The van der Waals surface area contributed by atoms with Gasteiger partial charge in [-0.2, -0.15) is 0 Å². The number of aliphatic carboxylic acids is 1. The van der Waals surface area contributed by atoms with Gasteiger partial charge in [0, 0.05) is 18.7 Å². The predicted octanol–water partition coefficient (Wildman–Crippen LogP) is 1.38. The van der Waals surface area contributed by atoms with Crippen molar-refractivity contribution in [2.24, 2.45) is 0 Å². The molecule has 0 saturated carbocycles. The molecule has 1 rings (SSSR count). The summed E-state index contributed by atoms with van der Waals surface area (Å²) >= 11 is 0. The van der Waals surface area contributed by atoms with E-state index < -0.39 is 5.97 Å². The largest absolute Gasteiger partial charge is 0.481 e. The molecule has 0 aliphatic carbocycles. The quantitative estimate of drug-likeness (QED) is 0.813. The van der Waals surface area contributed by atoms with Crippen molar-refractivity contribution in [2.75, 3.05) is 6.54 Å². The Morgan fingerprint density at radius 2 is 2.26 bits per heavy atom. The van der Waals surface area contributed by atoms with Gasteiger partial charge >= 0.3 is 12.0 Å². The van der Waals surface area contributed by atoms with E-state index in [1.165, 1.54) is 4.90 Å². The lowest BCUT2D eigenvalue weighted by molar-refractivity contribution is -0.138. The molecular formula is C12H19N3O4. The fraction of sp³-hybridized carbons (Fsp3) is 0.583. The lowest BCUT2D eigenvalue weighted by atomic mass is 10.2. The molecule has 0 bridgehead atoms. The number of rotatable bonds is 6. The van der Waals surface area contributed by atoms with Gasteiger partial charge in [-0.3, -0.25) is 4.79 Å². The second-order valence-corrected chi connectivity index (χ2v) is 4.32. The van der Waals surface area contributed by atoms with Crippen LogP contribution in [0.5, 0.6) is 0 Å². The number of aryl methyl sites for hydroxylation is 1. The number of hydrogen-bond donors (Lipinski definition) is 2. The first-order chi connectivity index (χ1) is 8.93. The van der Waals surface area contributed by atoms with E-state index in [1.807, 2.05) is 0 Å². The Morgan fingerprint density at radius 1 is 1.58 bits per heavy atom. The van der Waals surface area contributed by atoms with Gasteiger partial charge < -0.3 is 19.8 Å². The van der Waals surface area contributed by atoms with Crippen molar-refractivity contribution < 1.29 is 19.2 Å². The number of amides is 2. The van der Waals surface area contributed by atoms with Gasteiger partial charge in [-0.25, -0.2) is 4.79 Å². The number of urea groups is 1. The van der Waals surface area contributed by atoms with E-state index in [0.717, 1.165) is 0 Å². The predicted molar refractivity (Wildman–Crippen MR) is 67.6 cm³/mol. The molecule has 19 heavy (non-hydrogen) atoms. The maximum Gasteiger partial charge on any atom is 0.317 e. The van der Waals surface area contributed by atoms with Crippen LogP contribution in [0.2, 0.25) is 0 Å². The minimum absolute atomic E-state index is 0.0790. The fourth-order valence-corrected chi connectivity index (χ4v) is 1.79. The Bertz CT molecular complexity index is 444. The van der Waals surface area contributed by atoms with Crippen LogP contribution in [0.1, 0.15) is 31.7 Å². The number of hydrogen-bond acceptors (Lipinski definition) is 4. The average Bonchev–Trinajstić information content (AvgIpc) is 2.72. The van der Waals surface area contributed by atoms with Crippen molar-refractivity contribution in [3.63, 3.8) is 0 Å². The van der Waals surface area contributed by atoms with Crippen molar-refractivity contribution in [3.8, 4) is 0 Å². The van der Waals surface area contributed by atoms with Gasteiger partial charge in [-0.1, -0.05) is 5.16 Å². The van der Waals surface area contributed by atoms with Crippen molar-refractivity contribution in [2.45, 2.75) is 39.8 Å². The Kier molecular flexibility index (Phi) is 5.35. The highest BCUT2D eigenvalue weighted by Crippen LogP contribution is 2.05. The number of carboxylic acids is 1. The summed E-state index contributed by atoms with van der Waals surface area (Å²) in [4.78, 5) is 24.1. The molecule has 0 spiro atoms. The number of aromatic nitrogens is 1. The first-order valence-electron chi connectivity index (χ1n) is 6.12. The topological polar surface area (TPSA) is 95.7 Å². The Morgan fingerprint density at radius 3 is 2.74 bits per heavy atom. The summed E-state index contributed by atoms with van der Waals surface area (Å²) in [7, 11) is 0. The minimum Gasteiger partial charge on any atom is -0.481 e. The van der Waals surface area contributed by atoms with Gasteiger partial charge in [0.1, 0.15) is 11.5 Å². The van der Waals surface area contributed by atoms with Gasteiger partial charge in [-0.15, -0.1) is 0 Å². The van der Waals surface area contributed by atoms with Crippen LogP contribution in [-0.2, 0) is 11.3 Å². The molecule has 0 aliphatic heterocycles. The summed E-state index contributed by atoms with van der Waals surface area (Å²) in [6.07, 6.45) is -0.0790. The molecule has 0 aliphatic rings. The highest BCUT2D eigenvalue weighted by molar-refractivity contribution is 5.75. The molecular weight excluding hydrogens is 250 g/mol. The zero-order valence-electron chi connectivity index (χ0n) is 11.3. The van der Waals surface area contributed by atoms with Crippen LogP contribution in [0.4, 0.5) is 4.79 Å². The molecule has 2 N–H and O–H groups in total. The van der Waals surface area contributed by atoms with Crippen LogP contribution < -0.4 is 5.32 Å². The van der Waals surface area contributed by atoms with Crippen molar-refractivity contribution in [1.29, 1.82) is 0 Å². The van der Waals surface area contributed by atoms with Gasteiger partial charge in [-0.05, 0) is 20.8 Å². The maximum atomic E-state index is 11.9. The third-order valence-corrected chi connectivity index (χ3v) is 2.70. The number of carbonyl (C=O) groups is 2. The number of nitrogens with one attached hydrogen (secondary N) is 1. The zero-order valence-corrected chi connectivity index (χ0v) is 11.3. The standard InChI is InChI=1S/C12H19N3O4/c1-4-15(8(2)5-11(16)17)12(18)13-7-10-6-9(3)19-14-10/h6,8H,4-5,7H2,1-3H3,(H,13,18)(H,16,17). The first kappa shape index (κ1) is 15.0. The van der Waals surface area contributed by atoms with E-state index in [-0.39, 0.29) is 25.0 Å².